The van der Waals surface area contributed by atoms with Crippen molar-refractivity contribution < 1.29 is 14.7 Å². The molecule has 0 saturated heterocycles. The molecule has 2 atom stereocenters. The third-order valence-corrected chi connectivity index (χ3v) is 4.32. The summed E-state index contributed by atoms with van der Waals surface area (Å²) in [6.45, 7) is 4.50. The quantitative estimate of drug-likeness (QED) is 0.876. The molecule has 2 N–H and O–H groups in total. The van der Waals surface area contributed by atoms with Gasteiger partial charge in [-0.1, -0.05) is 12.8 Å². The van der Waals surface area contributed by atoms with Crippen molar-refractivity contribution in [1.82, 2.24) is 9.88 Å². The molecule has 21 heavy (non-hydrogen) atoms. The van der Waals surface area contributed by atoms with Crippen LogP contribution in [0.5, 0.6) is 0 Å². The van der Waals surface area contributed by atoms with E-state index in [-0.39, 0.29) is 23.8 Å². The summed E-state index contributed by atoms with van der Waals surface area (Å²) < 4.78 is 1.92. The number of nitrogens with zero attached hydrogens (tertiary/aromatic N) is 1. The number of amides is 1. The van der Waals surface area contributed by atoms with Crippen molar-refractivity contribution >= 4 is 11.9 Å². The molecule has 1 aliphatic rings. The Morgan fingerprint density at radius 3 is 2.76 bits per heavy atom. The second-order valence-corrected chi connectivity index (χ2v) is 6.09. The van der Waals surface area contributed by atoms with E-state index in [0.717, 1.165) is 25.7 Å². The van der Waals surface area contributed by atoms with Crippen molar-refractivity contribution in [1.29, 1.82) is 0 Å². The fourth-order valence-corrected chi connectivity index (χ4v) is 3.13. The summed E-state index contributed by atoms with van der Waals surface area (Å²) in [5.41, 5.74) is 0.632. The van der Waals surface area contributed by atoms with Crippen LogP contribution in [0.1, 0.15) is 56.1 Å². The molecule has 116 valence electrons. The van der Waals surface area contributed by atoms with E-state index in [1.54, 1.807) is 6.07 Å². The van der Waals surface area contributed by atoms with Crippen LogP contribution in [0, 0.1) is 11.8 Å². The number of rotatable bonds is 5. The van der Waals surface area contributed by atoms with Gasteiger partial charge in [-0.2, -0.15) is 0 Å². The molecule has 5 nitrogen and oxygen atoms in total. The minimum absolute atomic E-state index is 0.0441. The SMILES string of the molecule is CC(C)n1cccc1C(=O)NCC1CCCCC1C(=O)O. The Hall–Kier alpha value is -1.78. The van der Waals surface area contributed by atoms with E-state index < -0.39 is 5.97 Å². The van der Waals surface area contributed by atoms with Crippen LogP contribution in [0.4, 0.5) is 0 Å². The van der Waals surface area contributed by atoms with Crippen LogP contribution < -0.4 is 5.32 Å². The highest BCUT2D eigenvalue weighted by Crippen LogP contribution is 2.29. The number of nitrogens with one attached hydrogen (secondary N) is 1. The lowest BCUT2D eigenvalue weighted by molar-refractivity contribution is -0.144. The van der Waals surface area contributed by atoms with Crippen molar-refractivity contribution in [3.8, 4) is 0 Å². The zero-order chi connectivity index (χ0) is 15.4. The van der Waals surface area contributed by atoms with E-state index in [4.69, 9.17) is 0 Å². The first-order valence-corrected chi connectivity index (χ1v) is 7.68. The van der Waals surface area contributed by atoms with Crippen molar-refractivity contribution in [2.45, 2.75) is 45.6 Å². The summed E-state index contributed by atoms with van der Waals surface area (Å²) in [6, 6.07) is 3.88. The monoisotopic (exact) mass is 292 g/mol. The highest BCUT2D eigenvalue weighted by Gasteiger charge is 2.31. The second kappa shape index (κ2) is 6.78. The molecule has 1 fully saturated rings. The summed E-state index contributed by atoms with van der Waals surface area (Å²) in [5.74, 6) is -1.14. The predicted molar refractivity (Wildman–Crippen MR) is 80.2 cm³/mol. The second-order valence-electron chi connectivity index (χ2n) is 6.09. The van der Waals surface area contributed by atoms with Gasteiger partial charge in [0.15, 0.2) is 0 Å². The molecule has 0 radical (unpaired) electrons. The molecular formula is C16H24N2O3. The highest BCUT2D eigenvalue weighted by molar-refractivity contribution is 5.92. The number of hydrogen-bond donors (Lipinski definition) is 2. The zero-order valence-electron chi connectivity index (χ0n) is 12.7. The number of carboxylic acid groups (broad SMARTS) is 1. The number of carboxylic acids is 1. The number of aliphatic carboxylic acids is 1. The van der Waals surface area contributed by atoms with E-state index in [0.29, 0.717) is 12.2 Å². The van der Waals surface area contributed by atoms with Gasteiger partial charge in [0, 0.05) is 18.8 Å². The standard InChI is InChI=1S/C16H24N2O3/c1-11(2)18-9-5-8-14(18)15(19)17-10-12-6-3-4-7-13(12)16(20)21/h5,8-9,11-13H,3-4,6-7,10H2,1-2H3,(H,17,19)(H,20,21). The van der Waals surface area contributed by atoms with Gasteiger partial charge >= 0.3 is 5.97 Å². The van der Waals surface area contributed by atoms with E-state index in [9.17, 15) is 14.7 Å². The number of aromatic nitrogens is 1. The molecule has 1 amide bonds. The van der Waals surface area contributed by atoms with Gasteiger partial charge in [0.05, 0.1) is 5.92 Å². The van der Waals surface area contributed by atoms with Crippen molar-refractivity contribution in [2.75, 3.05) is 6.54 Å². The molecule has 0 bridgehead atoms. The van der Waals surface area contributed by atoms with Crippen molar-refractivity contribution in [3.05, 3.63) is 24.0 Å². The lowest BCUT2D eigenvalue weighted by Crippen LogP contribution is -2.37. The average molecular weight is 292 g/mol. The van der Waals surface area contributed by atoms with Gasteiger partial charge in [-0.05, 0) is 44.7 Å². The minimum Gasteiger partial charge on any atom is -0.481 e. The van der Waals surface area contributed by atoms with Crippen LogP contribution in [0.15, 0.2) is 18.3 Å². The zero-order valence-corrected chi connectivity index (χ0v) is 12.7. The molecule has 1 saturated carbocycles. The van der Waals surface area contributed by atoms with Crippen LogP contribution >= 0.6 is 0 Å². The minimum atomic E-state index is -0.737. The lowest BCUT2D eigenvalue weighted by atomic mass is 9.79. The predicted octanol–water partition coefficient (Wildman–Crippen LogP) is 2.69. The van der Waals surface area contributed by atoms with Crippen LogP contribution in [-0.4, -0.2) is 28.1 Å². The van der Waals surface area contributed by atoms with Gasteiger partial charge in [-0.15, -0.1) is 0 Å². The summed E-state index contributed by atoms with van der Waals surface area (Å²) in [5, 5.41) is 12.2. The van der Waals surface area contributed by atoms with Gasteiger partial charge in [-0.25, -0.2) is 0 Å². The Balaban J connectivity index is 1.97. The largest absolute Gasteiger partial charge is 0.481 e. The number of carbonyl (C=O) groups excluding carboxylic acids is 1. The molecule has 1 heterocycles. The van der Waals surface area contributed by atoms with E-state index in [1.807, 2.05) is 30.7 Å². The maximum Gasteiger partial charge on any atom is 0.306 e. The van der Waals surface area contributed by atoms with Gasteiger partial charge < -0.3 is 15.0 Å². The smallest absolute Gasteiger partial charge is 0.306 e. The van der Waals surface area contributed by atoms with Crippen LogP contribution in [-0.2, 0) is 4.79 Å². The first-order valence-electron chi connectivity index (χ1n) is 7.68. The molecule has 1 aromatic heterocycles. The summed E-state index contributed by atoms with van der Waals surface area (Å²) >= 11 is 0. The average Bonchev–Trinajstić information content (AvgIpc) is 2.94. The van der Waals surface area contributed by atoms with Crippen molar-refractivity contribution in [3.63, 3.8) is 0 Å². The van der Waals surface area contributed by atoms with Crippen molar-refractivity contribution in [2.24, 2.45) is 11.8 Å². The fraction of sp³-hybridized carbons (Fsp3) is 0.625. The fourth-order valence-electron chi connectivity index (χ4n) is 3.13. The molecule has 1 aliphatic carbocycles. The Bertz CT molecular complexity index is 507. The number of carbonyl (C=O) groups is 2. The molecule has 2 unspecified atom stereocenters. The Morgan fingerprint density at radius 2 is 2.10 bits per heavy atom. The van der Waals surface area contributed by atoms with Gasteiger partial charge in [0.1, 0.15) is 5.69 Å². The molecule has 2 rings (SSSR count). The first kappa shape index (κ1) is 15.6. The molecule has 5 heteroatoms. The summed E-state index contributed by atoms with van der Waals surface area (Å²) in [6.07, 6.45) is 5.51. The van der Waals surface area contributed by atoms with E-state index in [1.165, 1.54) is 0 Å². The summed E-state index contributed by atoms with van der Waals surface area (Å²) in [7, 11) is 0. The van der Waals surface area contributed by atoms with Crippen LogP contribution in [0.25, 0.3) is 0 Å². The molecule has 1 aromatic rings. The Kier molecular flexibility index (Phi) is 5.04. The molecule has 0 spiro atoms. The molecule has 0 aliphatic heterocycles. The number of hydrogen-bond acceptors (Lipinski definition) is 2. The Labute approximate surface area is 125 Å². The summed E-state index contributed by atoms with van der Waals surface area (Å²) in [4.78, 5) is 23.5. The first-order chi connectivity index (χ1) is 10.0. The normalized spacial score (nSPS) is 22.2. The maximum atomic E-state index is 12.3. The van der Waals surface area contributed by atoms with Crippen LogP contribution in [0.3, 0.4) is 0 Å². The van der Waals surface area contributed by atoms with E-state index >= 15 is 0 Å². The highest BCUT2D eigenvalue weighted by atomic mass is 16.4. The van der Waals surface area contributed by atoms with Crippen LogP contribution in [0.2, 0.25) is 0 Å². The third-order valence-electron chi connectivity index (χ3n) is 4.32. The molecular weight excluding hydrogens is 268 g/mol. The topological polar surface area (TPSA) is 71.3 Å². The lowest BCUT2D eigenvalue weighted by Gasteiger charge is -2.28. The Morgan fingerprint density at radius 1 is 1.38 bits per heavy atom. The van der Waals surface area contributed by atoms with Gasteiger partial charge in [0.25, 0.3) is 5.91 Å². The third kappa shape index (κ3) is 3.65. The molecule has 0 aromatic carbocycles. The van der Waals surface area contributed by atoms with Gasteiger partial charge in [-0.3, -0.25) is 9.59 Å². The van der Waals surface area contributed by atoms with E-state index in [2.05, 4.69) is 5.32 Å². The maximum absolute atomic E-state index is 12.3. The van der Waals surface area contributed by atoms with Gasteiger partial charge in [0.2, 0.25) is 0 Å².